The lowest BCUT2D eigenvalue weighted by molar-refractivity contribution is -0.108. The summed E-state index contributed by atoms with van der Waals surface area (Å²) < 4.78 is 4.49. The Hall–Kier alpha value is -0.153. The minimum absolute atomic E-state index is 0.588. The van der Waals surface area contributed by atoms with E-state index in [1.54, 1.807) is 0 Å². The highest BCUT2D eigenvalue weighted by Crippen LogP contribution is 1.81. The van der Waals surface area contributed by atoms with E-state index in [1.807, 2.05) is 0 Å². The van der Waals surface area contributed by atoms with Crippen LogP contribution in [0.5, 0.6) is 0 Å². The van der Waals surface area contributed by atoms with Gasteiger partial charge in [0.1, 0.15) is 6.29 Å². The van der Waals surface area contributed by atoms with E-state index >= 15 is 0 Å². The molecule has 7 heavy (non-hydrogen) atoms. The summed E-state index contributed by atoms with van der Waals surface area (Å²) in [6.07, 6.45) is 2.27. The maximum atomic E-state index is 9.61. The summed E-state index contributed by atoms with van der Waals surface area (Å²) in [5, 5.41) is 0. The Balaban J connectivity index is 2.56. The number of unbranched alkanes of at least 4 members (excludes halogenated alkanes) is 1. The molecule has 0 fully saturated rings. The van der Waals surface area contributed by atoms with E-state index in [0.29, 0.717) is 13.0 Å². The number of hydrogen-bond acceptors (Lipinski definition) is 2. The lowest BCUT2D eigenvalue weighted by Crippen LogP contribution is -1.88. The van der Waals surface area contributed by atoms with Gasteiger partial charge in [-0.05, 0) is 6.42 Å². The highest BCUT2D eigenvalue weighted by atomic mass is 28.2. The second kappa shape index (κ2) is 5.85. The van der Waals surface area contributed by atoms with Gasteiger partial charge in [0, 0.05) is 13.0 Å². The average molecular weight is 115 g/mol. The van der Waals surface area contributed by atoms with Crippen LogP contribution in [0.2, 0.25) is 0 Å². The molecule has 0 bridgehead atoms. The van der Waals surface area contributed by atoms with Gasteiger partial charge < -0.3 is 9.22 Å². The predicted octanol–water partition coefficient (Wildman–Crippen LogP) is 0.0656. The Morgan fingerprint density at radius 3 is 2.86 bits per heavy atom. The molecule has 39 valence electrons. The molecule has 0 aliphatic rings. The summed E-state index contributed by atoms with van der Waals surface area (Å²) >= 11 is 0. The SMILES string of the molecule is O=CCCCO[Si]. The molecule has 0 rings (SSSR count). The molecule has 3 radical (unpaired) electrons. The van der Waals surface area contributed by atoms with E-state index in [4.69, 9.17) is 0 Å². The number of carbonyl (C=O) groups is 1. The van der Waals surface area contributed by atoms with Crippen LogP contribution in [0.15, 0.2) is 0 Å². The van der Waals surface area contributed by atoms with Crippen molar-refractivity contribution in [3.8, 4) is 0 Å². The van der Waals surface area contributed by atoms with Gasteiger partial charge in [-0.15, -0.1) is 0 Å². The van der Waals surface area contributed by atoms with E-state index in [0.717, 1.165) is 12.7 Å². The molecule has 0 atom stereocenters. The molecule has 0 aromatic heterocycles. The van der Waals surface area contributed by atoms with Gasteiger partial charge >= 0.3 is 0 Å². The first-order valence-electron chi connectivity index (χ1n) is 2.14. The van der Waals surface area contributed by atoms with Crippen molar-refractivity contribution < 1.29 is 9.22 Å². The zero-order chi connectivity index (χ0) is 5.54. The zero-order valence-electron chi connectivity index (χ0n) is 4.02. The van der Waals surface area contributed by atoms with Gasteiger partial charge in [-0.25, -0.2) is 0 Å². The van der Waals surface area contributed by atoms with Gasteiger partial charge in [0.25, 0.3) is 0 Å². The molecule has 0 saturated carbocycles. The van der Waals surface area contributed by atoms with Crippen LogP contribution in [0, 0.1) is 0 Å². The van der Waals surface area contributed by atoms with Gasteiger partial charge in [0.2, 0.25) is 10.5 Å². The maximum absolute atomic E-state index is 9.61. The average Bonchev–Trinajstić information content (AvgIpc) is 1.69. The molecule has 0 unspecified atom stereocenters. The summed E-state index contributed by atoms with van der Waals surface area (Å²) in [6.45, 7) is 0.607. The van der Waals surface area contributed by atoms with Crippen molar-refractivity contribution in [3.63, 3.8) is 0 Å². The van der Waals surface area contributed by atoms with Crippen LogP contribution < -0.4 is 0 Å². The van der Waals surface area contributed by atoms with E-state index in [-0.39, 0.29) is 0 Å². The van der Waals surface area contributed by atoms with Crippen LogP contribution in [0.3, 0.4) is 0 Å². The lowest BCUT2D eigenvalue weighted by atomic mass is 10.4. The van der Waals surface area contributed by atoms with E-state index in [9.17, 15) is 4.79 Å². The molecule has 0 spiro atoms. The normalized spacial score (nSPS) is 8.71. The lowest BCUT2D eigenvalue weighted by Gasteiger charge is -1.88. The Morgan fingerprint density at radius 2 is 2.43 bits per heavy atom. The number of rotatable bonds is 4. The van der Waals surface area contributed by atoms with Crippen LogP contribution in [-0.2, 0) is 9.22 Å². The monoisotopic (exact) mass is 115 g/mol. The molecule has 0 aliphatic carbocycles. The zero-order valence-corrected chi connectivity index (χ0v) is 5.02. The molecule has 0 heterocycles. The van der Waals surface area contributed by atoms with Crippen molar-refractivity contribution in [1.29, 1.82) is 0 Å². The van der Waals surface area contributed by atoms with Crippen molar-refractivity contribution >= 4 is 16.8 Å². The van der Waals surface area contributed by atoms with Crippen molar-refractivity contribution in [2.45, 2.75) is 12.8 Å². The Bertz CT molecular complexity index is 47.0. The Kier molecular flexibility index (Phi) is 5.72. The predicted molar refractivity (Wildman–Crippen MR) is 27.0 cm³/mol. The fourth-order valence-corrected chi connectivity index (χ4v) is 0.383. The molecule has 0 saturated heterocycles. The smallest absolute Gasteiger partial charge is 0.246 e. The highest BCUT2D eigenvalue weighted by molar-refractivity contribution is 5.97. The van der Waals surface area contributed by atoms with Crippen LogP contribution in [0.25, 0.3) is 0 Å². The molecule has 0 aliphatic heterocycles. The largest absolute Gasteiger partial charge is 0.419 e. The molecule has 0 amide bonds. The summed E-state index contributed by atoms with van der Waals surface area (Å²) in [5.41, 5.74) is 0. The summed E-state index contributed by atoms with van der Waals surface area (Å²) in [6, 6.07) is 0. The van der Waals surface area contributed by atoms with E-state index in [2.05, 4.69) is 14.9 Å². The first-order chi connectivity index (χ1) is 3.41. The minimum Gasteiger partial charge on any atom is -0.419 e. The third-order valence-corrected chi connectivity index (χ3v) is 0.772. The Morgan fingerprint density at radius 1 is 1.71 bits per heavy atom. The fraction of sp³-hybridized carbons (Fsp3) is 0.750. The van der Waals surface area contributed by atoms with Crippen molar-refractivity contribution in [3.05, 3.63) is 0 Å². The maximum Gasteiger partial charge on any atom is 0.246 e. The molecule has 2 nitrogen and oxygen atoms in total. The van der Waals surface area contributed by atoms with Gasteiger partial charge in [-0.1, -0.05) is 0 Å². The molecule has 0 N–H and O–H groups in total. The van der Waals surface area contributed by atoms with Gasteiger partial charge in [-0.3, -0.25) is 0 Å². The molecular weight excluding hydrogens is 108 g/mol. The van der Waals surface area contributed by atoms with Crippen LogP contribution >= 0.6 is 0 Å². The fourth-order valence-electron chi connectivity index (χ4n) is 0.239. The van der Waals surface area contributed by atoms with Gasteiger partial charge in [0.15, 0.2) is 0 Å². The van der Waals surface area contributed by atoms with Crippen LogP contribution in [-0.4, -0.2) is 23.4 Å². The summed E-state index contributed by atoms with van der Waals surface area (Å²) in [5.74, 6) is 0. The molecule has 0 aromatic carbocycles. The van der Waals surface area contributed by atoms with Gasteiger partial charge in [-0.2, -0.15) is 0 Å². The number of carbonyl (C=O) groups excluding carboxylic acids is 1. The number of hydrogen-bond donors (Lipinski definition) is 0. The van der Waals surface area contributed by atoms with E-state index in [1.165, 1.54) is 0 Å². The van der Waals surface area contributed by atoms with Crippen molar-refractivity contribution in [2.24, 2.45) is 0 Å². The third-order valence-electron chi connectivity index (χ3n) is 0.568. The second-order valence-electron chi connectivity index (χ2n) is 1.16. The quantitative estimate of drug-likeness (QED) is 0.294. The van der Waals surface area contributed by atoms with Gasteiger partial charge in [0.05, 0.1) is 0 Å². The minimum atomic E-state index is 0.588. The topological polar surface area (TPSA) is 26.3 Å². The first-order valence-corrected chi connectivity index (χ1v) is 2.54. The third kappa shape index (κ3) is 5.85. The van der Waals surface area contributed by atoms with Crippen molar-refractivity contribution in [2.75, 3.05) is 6.61 Å². The molecule has 0 aromatic rings. The first kappa shape index (κ1) is 6.85. The Labute approximate surface area is 46.4 Å². The standard InChI is InChI=1S/C4H7O2Si/c5-3-1-2-4-6-7/h3H,1-2,4H2. The van der Waals surface area contributed by atoms with E-state index < -0.39 is 0 Å². The summed E-state index contributed by atoms with van der Waals surface area (Å²) in [4.78, 5) is 9.61. The van der Waals surface area contributed by atoms with Crippen molar-refractivity contribution in [1.82, 2.24) is 0 Å². The van der Waals surface area contributed by atoms with Crippen LogP contribution in [0.4, 0.5) is 0 Å². The highest BCUT2D eigenvalue weighted by Gasteiger charge is 1.79. The van der Waals surface area contributed by atoms with Crippen LogP contribution in [0.1, 0.15) is 12.8 Å². The number of aldehydes is 1. The molecule has 3 heteroatoms. The summed E-state index contributed by atoms with van der Waals surface area (Å²) in [7, 11) is 2.81. The molecular formula is C4H7O2Si. The second-order valence-corrected chi connectivity index (χ2v) is 1.45.